The molecule has 4 nitrogen and oxygen atoms in total. The topological polar surface area (TPSA) is 66.4 Å². The molecular weight excluding hydrogens is 437 g/mol. The fourth-order valence-electron chi connectivity index (χ4n) is 2.64. The molecular formula is C15H16Br2ClNO3. The van der Waals surface area contributed by atoms with E-state index in [0.717, 1.165) is 5.56 Å². The Hall–Kier alpha value is -0.590. The third-order valence-corrected chi connectivity index (χ3v) is 7.16. The van der Waals surface area contributed by atoms with Crippen LogP contribution in [0.3, 0.4) is 0 Å². The number of rotatable bonds is 3. The third-order valence-electron chi connectivity index (χ3n) is 4.02. The second-order valence-electron chi connectivity index (χ2n) is 5.46. The van der Waals surface area contributed by atoms with Crippen LogP contribution in [0, 0.1) is 18.8 Å². The van der Waals surface area contributed by atoms with E-state index in [4.69, 9.17) is 11.6 Å². The number of halogens is 3. The Labute approximate surface area is 150 Å². The Bertz CT molecular complexity index is 596. The molecule has 1 amide bonds. The molecule has 1 saturated carbocycles. The molecule has 4 atom stereocenters. The van der Waals surface area contributed by atoms with Crippen LogP contribution in [-0.2, 0) is 9.59 Å². The number of amides is 1. The van der Waals surface area contributed by atoms with Gasteiger partial charge in [-0.15, -0.1) is 0 Å². The highest BCUT2D eigenvalue weighted by Gasteiger charge is 2.42. The van der Waals surface area contributed by atoms with Crippen LogP contribution in [0.4, 0.5) is 5.69 Å². The van der Waals surface area contributed by atoms with Crippen LogP contribution in [0.1, 0.15) is 18.4 Å². The van der Waals surface area contributed by atoms with Crippen molar-refractivity contribution in [3.05, 3.63) is 28.8 Å². The predicted octanol–water partition coefficient (Wildman–Crippen LogP) is 4.22. The summed E-state index contributed by atoms with van der Waals surface area (Å²) in [5.41, 5.74) is 1.39. The number of carbonyl (C=O) groups is 2. The summed E-state index contributed by atoms with van der Waals surface area (Å²) in [5, 5.41) is 12.8. The summed E-state index contributed by atoms with van der Waals surface area (Å²) in [4.78, 5) is 24.1. The number of carboxylic acids is 1. The fraction of sp³-hybridized carbons (Fsp3) is 0.467. The highest BCUT2D eigenvalue weighted by atomic mass is 79.9. The van der Waals surface area contributed by atoms with Crippen molar-refractivity contribution in [1.82, 2.24) is 0 Å². The molecule has 2 N–H and O–H groups in total. The van der Waals surface area contributed by atoms with E-state index in [9.17, 15) is 14.7 Å². The number of carboxylic acid groups (broad SMARTS) is 1. The highest BCUT2D eigenvalue weighted by Crippen LogP contribution is 2.38. The number of alkyl halides is 2. The number of carbonyl (C=O) groups excluding carboxylic acids is 1. The van der Waals surface area contributed by atoms with E-state index in [2.05, 4.69) is 37.2 Å². The first kappa shape index (κ1) is 17.8. The molecule has 0 spiro atoms. The lowest BCUT2D eigenvalue weighted by atomic mass is 9.78. The molecule has 0 saturated heterocycles. The van der Waals surface area contributed by atoms with Gasteiger partial charge in [-0.1, -0.05) is 49.5 Å². The van der Waals surface area contributed by atoms with Crippen LogP contribution < -0.4 is 5.32 Å². The number of aliphatic carboxylic acids is 1. The maximum Gasteiger partial charge on any atom is 0.307 e. The number of anilines is 1. The molecule has 1 fully saturated rings. The summed E-state index contributed by atoms with van der Waals surface area (Å²) in [6, 6.07) is 5.26. The van der Waals surface area contributed by atoms with E-state index in [1.807, 2.05) is 6.92 Å². The average molecular weight is 454 g/mol. The van der Waals surface area contributed by atoms with Crippen molar-refractivity contribution in [3.63, 3.8) is 0 Å². The molecule has 0 unspecified atom stereocenters. The zero-order chi connectivity index (χ0) is 16.4. The number of hydrogen-bond acceptors (Lipinski definition) is 2. The number of benzene rings is 1. The molecule has 0 bridgehead atoms. The standard InChI is InChI=1S/C15H16Br2ClNO3/c1-7-12(18)3-2-4-13(7)19-14(20)8-5-10(16)11(17)6-9(8)15(21)22/h2-4,8-11H,5-6H2,1H3,(H,19,20)(H,21,22)/t8-,9+,10+,11-/m1/s1. The molecule has 0 aromatic heterocycles. The van der Waals surface area contributed by atoms with Crippen LogP contribution in [0.2, 0.25) is 5.02 Å². The van der Waals surface area contributed by atoms with Gasteiger partial charge in [-0.05, 0) is 37.5 Å². The van der Waals surface area contributed by atoms with E-state index < -0.39 is 17.8 Å². The second-order valence-corrected chi connectivity index (χ2v) is 8.22. The van der Waals surface area contributed by atoms with Crippen LogP contribution in [0.25, 0.3) is 0 Å². The minimum atomic E-state index is -0.938. The maximum absolute atomic E-state index is 12.5. The van der Waals surface area contributed by atoms with E-state index in [0.29, 0.717) is 23.6 Å². The smallest absolute Gasteiger partial charge is 0.307 e. The number of nitrogens with one attached hydrogen (secondary N) is 1. The Morgan fingerprint density at radius 2 is 1.82 bits per heavy atom. The third kappa shape index (κ3) is 3.84. The van der Waals surface area contributed by atoms with E-state index in [-0.39, 0.29) is 15.6 Å². The Kier molecular flexibility index (Phi) is 5.91. The highest BCUT2D eigenvalue weighted by molar-refractivity contribution is 9.12. The lowest BCUT2D eigenvalue weighted by molar-refractivity contribution is -0.147. The molecule has 0 aliphatic heterocycles. The summed E-state index contributed by atoms with van der Waals surface area (Å²) in [6.45, 7) is 1.81. The second kappa shape index (κ2) is 7.32. The minimum Gasteiger partial charge on any atom is -0.481 e. The van der Waals surface area contributed by atoms with Gasteiger partial charge in [0, 0.05) is 20.4 Å². The van der Waals surface area contributed by atoms with Gasteiger partial charge in [-0.3, -0.25) is 9.59 Å². The van der Waals surface area contributed by atoms with Crippen LogP contribution in [0.15, 0.2) is 18.2 Å². The lowest BCUT2D eigenvalue weighted by Gasteiger charge is -2.34. The molecule has 120 valence electrons. The van der Waals surface area contributed by atoms with E-state index in [1.54, 1.807) is 18.2 Å². The van der Waals surface area contributed by atoms with E-state index in [1.165, 1.54) is 0 Å². The largest absolute Gasteiger partial charge is 0.481 e. The molecule has 22 heavy (non-hydrogen) atoms. The SMILES string of the molecule is Cc1c(Cl)cccc1NC(=O)[C@@H]1C[C@H](Br)[C@H](Br)C[C@@H]1C(=O)O. The van der Waals surface area contributed by atoms with Crippen molar-refractivity contribution in [2.75, 3.05) is 5.32 Å². The quantitative estimate of drug-likeness (QED) is 0.674. The van der Waals surface area contributed by atoms with Crippen molar-refractivity contribution in [3.8, 4) is 0 Å². The predicted molar refractivity (Wildman–Crippen MR) is 94.1 cm³/mol. The zero-order valence-corrected chi connectivity index (χ0v) is 15.8. The first-order valence-electron chi connectivity index (χ1n) is 6.88. The lowest BCUT2D eigenvalue weighted by Crippen LogP contribution is -2.42. The summed E-state index contributed by atoms with van der Waals surface area (Å²) in [5.74, 6) is -2.49. The van der Waals surface area contributed by atoms with Crippen molar-refractivity contribution in [1.29, 1.82) is 0 Å². The van der Waals surface area contributed by atoms with Gasteiger partial charge in [0.05, 0.1) is 11.8 Å². The van der Waals surface area contributed by atoms with Gasteiger partial charge in [0.1, 0.15) is 0 Å². The van der Waals surface area contributed by atoms with Crippen LogP contribution in [-0.4, -0.2) is 26.6 Å². The first-order chi connectivity index (χ1) is 10.3. The normalized spacial score (nSPS) is 28.2. The monoisotopic (exact) mass is 451 g/mol. The van der Waals surface area contributed by atoms with Gasteiger partial charge < -0.3 is 10.4 Å². The van der Waals surface area contributed by atoms with Crippen molar-refractivity contribution in [2.24, 2.45) is 11.8 Å². The molecule has 1 aliphatic carbocycles. The van der Waals surface area contributed by atoms with Gasteiger partial charge >= 0.3 is 5.97 Å². The molecule has 1 aliphatic rings. The molecule has 1 aromatic rings. The molecule has 0 radical (unpaired) electrons. The van der Waals surface area contributed by atoms with Gasteiger partial charge in [-0.2, -0.15) is 0 Å². The first-order valence-corrected chi connectivity index (χ1v) is 9.09. The van der Waals surface area contributed by atoms with Gasteiger partial charge in [0.2, 0.25) is 5.91 Å². The van der Waals surface area contributed by atoms with Crippen molar-refractivity contribution < 1.29 is 14.7 Å². The molecule has 0 heterocycles. The summed E-state index contributed by atoms with van der Waals surface area (Å²) in [6.07, 6.45) is 0.885. The van der Waals surface area contributed by atoms with Crippen molar-refractivity contribution >= 4 is 61.0 Å². The Morgan fingerprint density at radius 3 is 2.41 bits per heavy atom. The van der Waals surface area contributed by atoms with E-state index >= 15 is 0 Å². The summed E-state index contributed by atoms with van der Waals surface area (Å²) >= 11 is 13.0. The van der Waals surface area contributed by atoms with Gasteiger partial charge in [0.15, 0.2) is 0 Å². The minimum absolute atomic E-state index is 0.0468. The summed E-state index contributed by atoms with van der Waals surface area (Å²) in [7, 11) is 0. The Balaban J connectivity index is 2.19. The molecule has 1 aromatic carbocycles. The molecule has 7 heteroatoms. The van der Waals surface area contributed by atoms with Gasteiger partial charge in [0.25, 0.3) is 0 Å². The van der Waals surface area contributed by atoms with Crippen molar-refractivity contribution in [2.45, 2.75) is 29.4 Å². The average Bonchev–Trinajstić information content (AvgIpc) is 2.46. The van der Waals surface area contributed by atoms with Crippen LogP contribution >= 0.6 is 43.5 Å². The zero-order valence-electron chi connectivity index (χ0n) is 11.9. The maximum atomic E-state index is 12.5. The van der Waals surface area contributed by atoms with Gasteiger partial charge in [-0.25, -0.2) is 0 Å². The Morgan fingerprint density at radius 1 is 1.23 bits per heavy atom. The summed E-state index contributed by atoms with van der Waals surface area (Å²) < 4.78 is 0. The number of hydrogen-bond donors (Lipinski definition) is 2. The fourth-order valence-corrected chi connectivity index (χ4v) is 4.05. The van der Waals surface area contributed by atoms with Crippen LogP contribution in [0.5, 0.6) is 0 Å². The molecule has 2 rings (SSSR count).